The first-order valence-corrected chi connectivity index (χ1v) is 64.2. The van der Waals surface area contributed by atoms with Crippen LogP contribution in [0.5, 0.6) is 0 Å². The molecule has 380 valence electrons. The second-order valence-corrected chi connectivity index (χ2v) is 84.4. The van der Waals surface area contributed by atoms with Crippen LogP contribution in [0.1, 0.15) is 0 Å². The lowest BCUT2D eigenvalue weighted by molar-refractivity contribution is 0.109. The van der Waals surface area contributed by atoms with E-state index in [1.54, 1.807) is 35.0 Å². The molecule has 0 amide bonds. The fourth-order valence-electron chi connectivity index (χ4n) is 7.91. The minimum atomic E-state index is -3.82. The summed E-state index contributed by atoms with van der Waals surface area (Å²) in [6.45, 7) is 47.5. The highest BCUT2D eigenvalue weighted by molar-refractivity contribution is 7.41. The van der Waals surface area contributed by atoms with E-state index < -0.39 is 136 Å². The molecule has 0 aromatic heterocycles. The van der Waals surface area contributed by atoms with E-state index >= 15 is 0 Å². The zero-order valence-electron chi connectivity index (χ0n) is 44.2. The van der Waals surface area contributed by atoms with Crippen LogP contribution in [0.25, 0.3) is 0 Å². The molecule has 4 unspecified atom stereocenters. The zero-order valence-corrected chi connectivity index (χ0v) is 60.2. The summed E-state index contributed by atoms with van der Waals surface area (Å²) in [5.41, 5.74) is 0. The molecule has 6 saturated heterocycles. The van der Waals surface area contributed by atoms with Gasteiger partial charge in [-0.15, -0.1) is 0 Å². The van der Waals surface area contributed by atoms with E-state index in [1.165, 1.54) is 0 Å². The van der Waals surface area contributed by atoms with Gasteiger partial charge in [-0.05, 0) is 118 Å². The number of fused-ring (bicyclic) bond motifs is 4. The molecular formula is C28H84O20Si16. The normalized spacial score (nSPS) is 41.8. The van der Waals surface area contributed by atoms with Crippen molar-refractivity contribution in [1.82, 2.24) is 0 Å². The van der Waals surface area contributed by atoms with Crippen LogP contribution < -0.4 is 0 Å². The van der Waals surface area contributed by atoms with Crippen LogP contribution in [-0.4, -0.2) is 164 Å². The molecule has 20 nitrogen and oxygen atoms in total. The third kappa shape index (κ3) is 15.8. The average Bonchev–Trinajstić information content (AvgIpc) is 3.03. The average molecular weight is 1190 g/mol. The second kappa shape index (κ2) is 19.5. The molecule has 6 aliphatic rings. The van der Waals surface area contributed by atoms with Crippen LogP contribution in [0.15, 0.2) is 0 Å². The summed E-state index contributed by atoms with van der Waals surface area (Å²) < 4.78 is 132. The van der Waals surface area contributed by atoms with Crippen LogP contribution in [0.4, 0.5) is 0 Å². The minimum absolute atomic E-state index is 1.13. The monoisotopic (exact) mass is 1190 g/mol. The molecule has 6 fully saturated rings. The predicted molar refractivity (Wildman–Crippen MR) is 278 cm³/mol. The van der Waals surface area contributed by atoms with E-state index in [1.807, 2.05) is 111 Å². The largest absolute Gasteiger partial charge is 0.482 e. The first-order chi connectivity index (χ1) is 28.1. The van der Waals surface area contributed by atoms with Gasteiger partial charge in [0.1, 0.15) is 0 Å². The van der Waals surface area contributed by atoms with Gasteiger partial charge in [-0.2, -0.15) is 0 Å². The highest BCUT2D eigenvalue weighted by Crippen LogP contribution is 2.51. The third-order valence-electron chi connectivity index (χ3n) is 10.1. The van der Waals surface area contributed by atoms with Gasteiger partial charge in [0.25, 0.3) is 0 Å². The van der Waals surface area contributed by atoms with E-state index in [2.05, 4.69) is 39.3 Å². The van der Waals surface area contributed by atoms with Gasteiger partial charge in [-0.3, -0.25) is 0 Å². The summed E-state index contributed by atoms with van der Waals surface area (Å²) in [4.78, 5) is 0. The second-order valence-electron chi connectivity index (χ2n) is 21.2. The molecule has 0 spiro atoms. The van der Waals surface area contributed by atoms with Crippen LogP contribution in [-0.2, 0) is 83.5 Å². The number of hydrogen-bond donors (Lipinski definition) is 0. The fraction of sp³-hybridized carbons (Fsp3) is 1.00. The van der Waals surface area contributed by atoms with Crippen molar-refractivity contribution in [3.63, 3.8) is 0 Å². The molecular weight excluding hydrogens is 1110 g/mol. The lowest BCUT2D eigenvalue weighted by Crippen LogP contribution is -2.87. The number of hydrogen-bond acceptors (Lipinski definition) is 20. The summed E-state index contributed by atoms with van der Waals surface area (Å²) >= 11 is 0. The summed E-state index contributed by atoms with van der Waals surface area (Å²) in [5.74, 6) is 0. The summed E-state index contributed by atoms with van der Waals surface area (Å²) in [6, 6.07) is 0. The van der Waals surface area contributed by atoms with Crippen LogP contribution >= 0.6 is 0 Å². The molecule has 0 radical (unpaired) electrons. The standard InChI is InChI=1S/C18H54O16Si13.C6H18O3Si2.C4H12OSi/c1-19-38(9)23-40(11)27-44(15)31-42(13)25-39(10,22-37(7,8)21-36(5,6)20-35(2,3)4)26-43(14)33-46(44,17)29-41(12,24-38)30-47(18,34-43)45(16,28-40)32-42;1-7-10(3,4)9-11(5,6)8-2;1-5-6(2,3)4/h1-18H3;1-6H3;1-4H3. The van der Waals surface area contributed by atoms with Crippen molar-refractivity contribution in [3.05, 3.63) is 0 Å². The van der Waals surface area contributed by atoms with Crippen molar-refractivity contribution in [2.24, 2.45) is 0 Å². The van der Waals surface area contributed by atoms with E-state index in [9.17, 15) is 0 Å². The van der Waals surface area contributed by atoms with Crippen LogP contribution in [0, 0.1) is 0 Å². The third-order valence-corrected chi connectivity index (χ3v) is 86.5. The molecule has 0 aromatic rings. The Bertz CT molecular complexity index is 1520. The van der Waals surface area contributed by atoms with Crippen molar-refractivity contribution in [2.45, 2.75) is 157 Å². The predicted octanol–water partition coefficient (Wildman–Crippen LogP) is 7.21. The van der Waals surface area contributed by atoms with E-state index in [0.29, 0.717) is 0 Å². The molecule has 36 heteroatoms. The van der Waals surface area contributed by atoms with Crippen molar-refractivity contribution in [2.75, 3.05) is 28.4 Å². The maximum atomic E-state index is 7.23. The van der Waals surface area contributed by atoms with Gasteiger partial charge < -0.3 is 83.5 Å². The molecule has 8 bridgehead atoms. The SMILES string of the molecule is CO[Si](C)(C)C.CO[Si](C)(C)O[Si](C)(C)OC.CO[Si]1(C)O[Si]2(C)O[Si]3(C)O[Si]4(C)O[Si](C)(O[Si](C)(C)O[Si](C)(C)O[Si](C)(C)C)O[Si]5(C)O[Si]3(C)O[Si](C)(O1)O[Si](C)(O5)[Si](C)(O2)O4. The topological polar surface area (TPSA) is 185 Å². The Labute approximate surface area is 402 Å². The van der Waals surface area contributed by atoms with Gasteiger partial charge in [-0.1, -0.05) is 0 Å². The van der Waals surface area contributed by atoms with Gasteiger partial charge in [0.05, 0.1) is 0 Å². The Morgan fingerprint density at radius 3 is 0.750 bits per heavy atom. The highest BCUT2D eigenvalue weighted by atomic mass is 29.3. The van der Waals surface area contributed by atoms with Crippen molar-refractivity contribution < 1.29 is 83.5 Å². The Morgan fingerprint density at radius 1 is 0.281 bits per heavy atom. The minimum Gasteiger partial charge on any atom is -0.437 e. The van der Waals surface area contributed by atoms with Gasteiger partial charge in [0.2, 0.25) is 0 Å². The first-order valence-electron chi connectivity index (χ1n) is 21.5. The van der Waals surface area contributed by atoms with E-state index in [4.69, 9.17) is 83.5 Å². The molecule has 0 aliphatic carbocycles. The molecule has 4 atom stereocenters. The van der Waals surface area contributed by atoms with Gasteiger partial charge in [0, 0.05) is 67.7 Å². The van der Waals surface area contributed by atoms with Crippen molar-refractivity contribution in [1.29, 1.82) is 0 Å². The zero-order chi connectivity index (χ0) is 50.1. The Hall–Kier alpha value is 2.67. The smallest absolute Gasteiger partial charge is 0.437 e. The first kappa shape index (κ1) is 61.0. The quantitative estimate of drug-likeness (QED) is 0.178. The van der Waals surface area contributed by atoms with Gasteiger partial charge in [-0.25, -0.2) is 0 Å². The van der Waals surface area contributed by atoms with Crippen molar-refractivity contribution >= 4 is 136 Å². The summed E-state index contributed by atoms with van der Waals surface area (Å²) in [6.07, 6.45) is 0. The molecule has 64 heavy (non-hydrogen) atoms. The van der Waals surface area contributed by atoms with Gasteiger partial charge in [0.15, 0.2) is 16.6 Å². The molecule has 6 heterocycles. The fourth-order valence-corrected chi connectivity index (χ4v) is 106. The maximum Gasteiger partial charge on any atom is 0.482 e. The lowest BCUT2D eigenvalue weighted by atomic mass is 11.8. The van der Waals surface area contributed by atoms with Crippen LogP contribution in [0.2, 0.25) is 157 Å². The summed E-state index contributed by atoms with van der Waals surface area (Å²) in [5, 5.41) is 0. The Kier molecular flexibility index (Phi) is 18.6. The summed E-state index contributed by atoms with van der Waals surface area (Å²) in [7, 11) is -42.8. The highest BCUT2D eigenvalue weighted by Gasteiger charge is 2.84. The van der Waals surface area contributed by atoms with E-state index in [0.717, 1.165) is 0 Å². The number of rotatable bonds is 12. The Morgan fingerprint density at radius 2 is 0.531 bits per heavy atom. The van der Waals surface area contributed by atoms with Gasteiger partial charge >= 0.3 is 119 Å². The molecule has 0 saturated carbocycles. The molecule has 6 aliphatic heterocycles. The van der Waals surface area contributed by atoms with Crippen LogP contribution in [0.3, 0.4) is 0 Å². The van der Waals surface area contributed by atoms with E-state index in [-0.39, 0.29) is 0 Å². The Balaban J connectivity index is 0.000000540. The van der Waals surface area contributed by atoms with Crippen molar-refractivity contribution in [3.8, 4) is 0 Å². The molecule has 0 aromatic carbocycles. The molecule has 6 rings (SSSR count). The maximum absolute atomic E-state index is 7.23. The lowest BCUT2D eigenvalue weighted by Gasteiger charge is -2.58. The molecule has 0 N–H and O–H groups in total.